The molecule has 0 amide bonds. The van der Waals surface area contributed by atoms with Crippen molar-refractivity contribution in [3.8, 4) is 0 Å². The molecule has 1 aliphatic heterocycles. The molecule has 0 bridgehead atoms. The van der Waals surface area contributed by atoms with E-state index in [1.165, 1.54) is 18.2 Å². The number of ether oxygens (including phenoxy) is 2. The highest BCUT2D eigenvalue weighted by Crippen LogP contribution is 2.36. The molecule has 1 N–H and O–H groups in total. The fraction of sp³-hybridized carbons (Fsp3) is 0.929. The van der Waals surface area contributed by atoms with Gasteiger partial charge >= 0.3 is 5.97 Å². The van der Waals surface area contributed by atoms with Gasteiger partial charge in [-0.05, 0) is 30.6 Å². The van der Waals surface area contributed by atoms with Crippen molar-refractivity contribution in [1.29, 1.82) is 0 Å². The maximum atomic E-state index is 12.1. The predicted octanol–water partition coefficient (Wildman–Crippen LogP) is 2.40. The van der Waals surface area contributed by atoms with Crippen LogP contribution in [0, 0.1) is 17.8 Å². The lowest BCUT2D eigenvalue weighted by atomic mass is 9.75. The van der Waals surface area contributed by atoms with Crippen LogP contribution in [0.5, 0.6) is 0 Å². The minimum atomic E-state index is -0.839. The first-order valence-corrected chi connectivity index (χ1v) is 8.18. The summed E-state index contributed by atoms with van der Waals surface area (Å²) in [7, 11) is 0. The second-order valence-corrected chi connectivity index (χ2v) is 7.15. The van der Waals surface area contributed by atoms with Gasteiger partial charge in [-0.25, -0.2) is 4.79 Å². The average molecular weight is 288 g/mol. The number of hydrogen-bond acceptors (Lipinski definition) is 5. The van der Waals surface area contributed by atoms with Gasteiger partial charge in [-0.1, -0.05) is 27.2 Å². The van der Waals surface area contributed by atoms with Crippen molar-refractivity contribution in [3.05, 3.63) is 0 Å². The molecule has 19 heavy (non-hydrogen) atoms. The fourth-order valence-corrected chi connectivity index (χ4v) is 3.79. The van der Waals surface area contributed by atoms with Crippen LogP contribution in [0.1, 0.15) is 40.0 Å². The Morgan fingerprint density at radius 3 is 2.74 bits per heavy atom. The van der Waals surface area contributed by atoms with E-state index in [-0.39, 0.29) is 12.1 Å². The second-order valence-electron chi connectivity index (χ2n) is 6.06. The van der Waals surface area contributed by atoms with E-state index in [1.807, 2.05) is 0 Å². The second kappa shape index (κ2) is 6.46. The first-order valence-electron chi connectivity index (χ1n) is 7.13. The standard InChI is InChI=1S/C14H24O4S/c1-8(2)10-5-4-9(3)6-11(10)17-13(16)14-18-12(15)7-19-14/h8-12,14-15H,4-7H2,1-3H3/t9-,10?,11?,12+,14-/m1/s1. The molecule has 4 nitrogen and oxygen atoms in total. The van der Waals surface area contributed by atoms with E-state index in [4.69, 9.17) is 9.47 Å². The normalized spacial score (nSPS) is 39.5. The molecular weight excluding hydrogens is 264 g/mol. The Morgan fingerprint density at radius 1 is 1.42 bits per heavy atom. The summed E-state index contributed by atoms with van der Waals surface area (Å²) in [5.74, 6) is 1.68. The molecule has 0 radical (unpaired) electrons. The van der Waals surface area contributed by atoms with Crippen LogP contribution in [0.15, 0.2) is 0 Å². The number of carbonyl (C=O) groups is 1. The molecule has 2 fully saturated rings. The number of esters is 1. The van der Waals surface area contributed by atoms with E-state index < -0.39 is 11.7 Å². The van der Waals surface area contributed by atoms with Crippen LogP contribution < -0.4 is 0 Å². The van der Waals surface area contributed by atoms with Gasteiger partial charge in [-0.2, -0.15) is 0 Å². The van der Waals surface area contributed by atoms with E-state index in [0.29, 0.717) is 23.5 Å². The van der Waals surface area contributed by atoms with Crippen molar-refractivity contribution >= 4 is 17.7 Å². The van der Waals surface area contributed by atoms with Gasteiger partial charge in [0.1, 0.15) is 6.10 Å². The zero-order valence-corrected chi connectivity index (χ0v) is 12.7. The smallest absolute Gasteiger partial charge is 0.346 e. The van der Waals surface area contributed by atoms with Crippen LogP contribution in [-0.2, 0) is 14.3 Å². The summed E-state index contributed by atoms with van der Waals surface area (Å²) in [6.45, 7) is 6.58. The average Bonchev–Trinajstić information content (AvgIpc) is 2.75. The number of aliphatic hydroxyl groups excluding tert-OH is 1. The molecular formula is C14H24O4S. The van der Waals surface area contributed by atoms with Crippen molar-refractivity contribution in [2.75, 3.05) is 5.75 Å². The lowest BCUT2D eigenvalue weighted by Gasteiger charge is -2.37. The molecule has 0 spiro atoms. The summed E-state index contributed by atoms with van der Waals surface area (Å²) in [4.78, 5) is 12.1. The van der Waals surface area contributed by atoms with E-state index in [2.05, 4.69) is 20.8 Å². The quantitative estimate of drug-likeness (QED) is 0.808. The molecule has 2 rings (SSSR count). The molecule has 5 atom stereocenters. The molecule has 110 valence electrons. The van der Waals surface area contributed by atoms with E-state index in [1.54, 1.807) is 0 Å². The van der Waals surface area contributed by atoms with E-state index in [9.17, 15) is 9.90 Å². The first kappa shape index (κ1) is 15.1. The number of hydrogen-bond donors (Lipinski definition) is 1. The molecule has 5 heteroatoms. The topological polar surface area (TPSA) is 55.8 Å². The van der Waals surface area contributed by atoms with Crippen LogP contribution in [0.4, 0.5) is 0 Å². The number of thioether (sulfide) groups is 1. The van der Waals surface area contributed by atoms with Crippen LogP contribution >= 0.6 is 11.8 Å². The third-order valence-electron chi connectivity index (χ3n) is 4.09. The van der Waals surface area contributed by atoms with Gasteiger partial charge < -0.3 is 14.6 Å². The highest BCUT2D eigenvalue weighted by molar-refractivity contribution is 8.00. The van der Waals surface area contributed by atoms with Gasteiger partial charge in [-0.15, -0.1) is 11.8 Å². The van der Waals surface area contributed by atoms with Crippen LogP contribution in [0.3, 0.4) is 0 Å². The zero-order chi connectivity index (χ0) is 14.0. The minimum absolute atomic E-state index is 0.00167. The van der Waals surface area contributed by atoms with Gasteiger partial charge in [0, 0.05) is 5.75 Å². The van der Waals surface area contributed by atoms with Gasteiger partial charge in [0.25, 0.3) is 0 Å². The summed E-state index contributed by atoms with van der Waals surface area (Å²) >= 11 is 1.31. The number of aliphatic hydroxyl groups is 1. The largest absolute Gasteiger partial charge is 0.459 e. The Bertz CT molecular complexity index is 321. The van der Waals surface area contributed by atoms with Crippen molar-refractivity contribution < 1.29 is 19.4 Å². The molecule has 0 aromatic heterocycles. The molecule has 2 unspecified atom stereocenters. The summed E-state index contributed by atoms with van der Waals surface area (Å²) < 4.78 is 10.8. The van der Waals surface area contributed by atoms with Crippen LogP contribution in [0.25, 0.3) is 0 Å². The summed E-state index contributed by atoms with van der Waals surface area (Å²) in [6, 6.07) is 0. The van der Waals surface area contributed by atoms with Crippen molar-refractivity contribution in [2.24, 2.45) is 17.8 Å². The Hall–Kier alpha value is -0.260. The molecule has 1 saturated carbocycles. The Kier molecular flexibility index (Phi) is 5.15. The van der Waals surface area contributed by atoms with E-state index in [0.717, 1.165) is 12.8 Å². The number of rotatable bonds is 3. The maximum Gasteiger partial charge on any atom is 0.346 e. The molecule has 2 aliphatic rings. The van der Waals surface area contributed by atoms with Crippen molar-refractivity contribution in [1.82, 2.24) is 0 Å². The third kappa shape index (κ3) is 3.86. The van der Waals surface area contributed by atoms with Gasteiger partial charge in [-0.3, -0.25) is 0 Å². The Morgan fingerprint density at radius 2 is 2.16 bits per heavy atom. The van der Waals surface area contributed by atoms with Crippen LogP contribution in [-0.4, -0.2) is 34.7 Å². The molecule has 1 saturated heterocycles. The highest BCUT2D eigenvalue weighted by atomic mass is 32.2. The Balaban J connectivity index is 1.92. The SMILES string of the molecule is CC(C)C1CC[C@@H](C)CC1OC(=O)[C@@H]1O[C@H](O)CS1. The highest BCUT2D eigenvalue weighted by Gasteiger charge is 2.37. The lowest BCUT2D eigenvalue weighted by molar-refractivity contribution is -0.172. The lowest BCUT2D eigenvalue weighted by Crippen LogP contribution is -2.38. The maximum absolute atomic E-state index is 12.1. The van der Waals surface area contributed by atoms with Gasteiger partial charge in [0.05, 0.1) is 0 Å². The van der Waals surface area contributed by atoms with E-state index >= 15 is 0 Å². The van der Waals surface area contributed by atoms with Crippen molar-refractivity contribution in [2.45, 2.75) is 57.9 Å². The first-order chi connectivity index (χ1) is 8.97. The molecule has 1 heterocycles. The van der Waals surface area contributed by atoms with Crippen LogP contribution in [0.2, 0.25) is 0 Å². The summed E-state index contributed by atoms with van der Waals surface area (Å²) in [6.07, 6.45) is 2.43. The third-order valence-corrected chi connectivity index (χ3v) is 5.18. The zero-order valence-electron chi connectivity index (χ0n) is 11.9. The monoisotopic (exact) mass is 288 g/mol. The fourth-order valence-electron chi connectivity index (χ4n) is 2.97. The summed E-state index contributed by atoms with van der Waals surface area (Å²) in [5, 5.41) is 9.29. The number of carbonyl (C=O) groups excluding carboxylic acids is 1. The molecule has 1 aliphatic carbocycles. The summed E-state index contributed by atoms with van der Waals surface area (Å²) in [5.41, 5.74) is -0.653. The predicted molar refractivity (Wildman–Crippen MR) is 74.6 cm³/mol. The van der Waals surface area contributed by atoms with Gasteiger partial charge in [0.2, 0.25) is 5.44 Å². The minimum Gasteiger partial charge on any atom is -0.459 e. The van der Waals surface area contributed by atoms with Crippen molar-refractivity contribution in [3.63, 3.8) is 0 Å². The van der Waals surface area contributed by atoms with Gasteiger partial charge in [0.15, 0.2) is 6.29 Å². The Labute approximate surface area is 119 Å². The molecule has 0 aromatic carbocycles. The molecule has 0 aromatic rings.